The minimum Gasteiger partial charge on any atom is -0.497 e. The molecule has 2 aromatic carbocycles. The molecule has 2 N–H and O–H groups in total. The molecule has 0 aromatic heterocycles. The second kappa shape index (κ2) is 12.0. The third-order valence-electron chi connectivity index (χ3n) is 5.21. The van der Waals surface area contributed by atoms with E-state index < -0.39 is 0 Å². The number of nitrogens with one attached hydrogen (secondary N) is 2. The summed E-state index contributed by atoms with van der Waals surface area (Å²) in [5.41, 5.74) is 3.78. The van der Waals surface area contributed by atoms with Crippen LogP contribution in [-0.2, 0) is 13.1 Å². The lowest BCUT2D eigenvalue weighted by Crippen LogP contribution is -2.48. The van der Waals surface area contributed by atoms with Crippen molar-refractivity contribution in [1.82, 2.24) is 15.5 Å². The zero-order chi connectivity index (χ0) is 19.8. The second-order valence-corrected chi connectivity index (χ2v) is 7.46. The molecule has 2 aromatic rings. The molecule has 29 heavy (non-hydrogen) atoms. The van der Waals surface area contributed by atoms with Crippen molar-refractivity contribution in [2.24, 2.45) is 4.99 Å². The fraction of sp³-hybridized carbons (Fsp3) is 0.435. The predicted molar refractivity (Wildman–Crippen MR) is 131 cm³/mol. The van der Waals surface area contributed by atoms with E-state index >= 15 is 0 Å². The van der Waals surface area contributed by atoms with Crippen LogP contribution < -0.4 is 15.4 Å². The summed E-state index contributed by atoms with van der Waals surface area (Å²) in [6.45, 7) is 6.07. The van der Waals surface area contributed by atoms with Crippen molar-refractivity contribution in [2.75, 3.05) is 27.2 Å². The van der Waals surface area contributed by atoms with Crippen LogP contribution in [-0.4, -0.2) is 44.1 Å². The Morgan fingerprint density at radius 1 is 1.10 bits per heavy atom. The van der Waals surface area contributed by atoms with Gasteiger partial charge in [-0.15, -0.1) is 24.0 Å². The van der Waals surface area contributed by atoms with Crippen molar-refractivity contribution in [3.8, 4) is 5.75 Å². The Balaban J connectivity index is 0.00000300. The molecule has 0 saturated carbocycles. The third-order valence-corrected chi connectivity index (χ3v) is 5.21. The van der Waals surface area contributed by atoms with E-state index in [1.54, 1.807) is 7.11 Å². The van der Waals surface area contributed by atoms with E-state index in [1.165, 1.54) is 16.7 Å². The van der Waals surface area contributed by atoms with Crippen molar-refractivity contribution in [3.63, 3.8) is 0 Å². The first-order valence-corrected chi connectivity index (χ1v) is 10.0. The SMILES string of the molecule is CN=C(NCc1cc(C)cc(OC)c1)NC1CCN(Cc2ccccc2)CC1.I. The Bertz CT molecular complexity index is 774. The number of piperidine rings is 1. The smallest absolute Gasteiger partial charge is 0.191 e. The molecule has 5 nitrogen and oxygen atoms in total. The van der Waals surface area contributed by atoms with E-state index in [-0.39, 0.29) is 24.0 Å². The molecule has 0 aliphatic carbocycles. The fourth-order valence-corrected chi connectivity index (χ4v) is 3.70. The number of nitrogens with zero attached hydrogens (tertiary/aromatic N) is 2. The molecule has 158 valence electrons. The van der Waals surface area contributed by atoms with Gasteiger partial charge < -0.3 is 15.4 Å². The lowest BCUT2D eigenvalue weighted by atomic mass is 10.0. The molecule has 0 amide bonds. The van der Waals surface area contributed by atoms with E-state index in [0.29, 0.717) is 6.04 Å². The van der Waals surface area contributed by atoms with Gasteiger partial charge in [-0.3, -0.25) is 9.89 Å². The first-order chi connectivity index (χ1) is 13.7. The number of aliphatic imine (C=N–C) groups is 1. The first kappa shape index (κ1) is 23.5. The summed E-state index contributed by atoms with van der Waals surface area (Å²) in [5, 5.41) is 7.02. The number of hydrogen-bond donors (Lipinski definition) is 2. The highest BCUT2D eigenvalue weighted by Crippen LogP contribution is 2.16. The van der Waals surface area contributed by atoms with Crippen LogP contribution in [0.2, 0.25) is 0 Å². The Morgan fingerprint density at radius 2 is 1.83 bits per heavy atom. The monoisotopic (exact) mass is 508 g/mol. The standard InChI is InChI=1S/C23H32N4O.HI/c1-18-13-20(15-22(14-18)28-3)16-25-23(24-2)26-21-9-11-27(12-10-21)17-19-7-5-4-6-8-19;/h4-8,13-15,21H,9-12,16-17H2,1-3H3,(H2,24,25,26);1H. The maximum absolute atomic E-state index is 5.36. The molecule has 1 aliphatic heterocycles. The Labute approximate surface area is 192 Å². The molecule has 0 radical (unpaired) electrons. The van der Waals surface area contributed by atoms with E-state index in [9.17, 15) is 0 Å². The number of aryl methyl sites for hydroxylation is 1. The number of hydrogen-bond acceptors (Lipinski definition) is 3. The van der Waals surface area contributed by atoms with Gasteiger partial charge in [0.15, 0.2) is 5.96 Å². The van der Waals surface area contributed by atoms with Crippen molar-refractivity contribution in [2.45, 2.75) is 38.9 Å². The van der Waals surface area contributed by atoms with Crippen LogP contribution in [0.3, 0.4) is 0 Å². The largest absolute Gasteiger partial charge is 0.497 e. The molecule has 0 unspecified atom stereocenters. The number of ether oxygens (including phenoxy) is 1. The third kappa shape index (κ3) is 7.51. The van der Waals surface area contributed by atoms with Gasteiger partial charge in [0, 0.05) is 39.3 Å². The Kier molecular flexibility index (Phi) is 9.73. The van der Waals surface area contributed by atoms with Gasteiger partial charge in [0.25, 0.3) is 0 Å². The molecular formula is C23H33IN4O. The average molecular weight is 508 g/mol. The highest BCUT2D eigenvalue weighted by molar-refractivity contribution is 14.0. The van der Waals surface area contributed by atoms with Crippen molar-refractivity contribution < 1.29 is 4.74 Å². The topological polar surface area (TPSA) is 48.9 Å². The fourth-order valence-electron chi connectivity index (χ4n) is 3.70. The van der Waals surface area contributed by atoms with Gasteiger partial charge in [0.05, 0.1) is 7.11 Å². The number of guanidine groups is 1. The Morgan fingerprint density at radius 3 is 2.48 bits per heavy atom. The van der Waals surface area contributed by atoms with Gasteiger partial charge in [0.2, 0.25) is 0 Å². The van der Waals surface area contributed by atoms with Crippen molar-refractivity contribution in [1.29, 1.82) is 0 Å². The lowest BCUT2D eigenvalue weighted by Gasteiger charge is -2.33. The molecule has 1 fully saturated rings. The molecule has 1 heterocycles. The van der Waals surface area contributed by atoms with E-state index in [2.05, 4.69) is 69.9 Å². The summed E-state index contributed by atoms with van der Waals surface area (Å²) in [4.78, 5) is 6.93. The minimum atomic E-state index is 0. The van der Waals surface area contributed by atoms with Gasteiger partial charge >= 0.3 is 0 Å². The maximum atomic E-state index is 5.36. The highest BCUT2D eigenvalue weighted by Gasteiger charge is 2.20. The summed E-state index contributed by atoms with van der Waals surface area (Å²) < 4.78 is 5.36. The van der Waals surface area contributed by atoms with E-state index in [0.717, 1.165) is 50.7 Å². The van der Waals surface area contributed by atoms with Crippen molar-refractivity contribution >= 4 is 29.9 Å². The van der Waals surface area contributed by atoms with Gasteiger partial charge in [-0.1, -0.05) is 36.4 Å². The van der Waals surface area contributed by atoms with Crippen LogP contribution in [0.1, 0.15) is 29.5 Å². The minimum absolute atomic E-state index is 0. The van der Waals surface area contributed by atoms with Crippen LogP contribution in [0.4, 0.5) is 0 Å². The van der Waals surface area contributed by atoms with Crippen LogP contribution in [0.15, 0.2) is 53.5 Å². The quantitative estimate of drug-likeness (QED) is 0.353. The molecule has 1 saturated heterocycles. The van der Waals surface area contributed by atoms with Crippen LogP contribution in [0, 0.1) is 6.92 Å². The number of methoxy groups -OCH3 is 1. The lowest BCUT2D eigenvalue weighted by molar-refractivity contribution is 0.198. The van der Waals surface area contributed by atoms with Crippen LogP contribution in [0.25, 0.3) is 0 Å². The molecule has 3 rings (SSSR count). The van der Waals surface area contributed by atoms with Gasteiger partial charge in [-0.25, -0.2) is 0 Å². The van der Waals surface area contributed by atoms with Gasteiger partial charge in [0.1, 0.15) is 5.75 Å². The van der Waals surface area contributed by atoms with Gasteiger partial charge in [-0.2, -0.15) is 0 Å². The maximum Gasteiger partial charge on any atom is 0.191 e. The second-order valence-electron chi connectivity index (χ2n) is 7.46. The van der Waals surface area contributed by atoms with E-state index in [4.69, 9.17) is 4.74 Å². The summed E-state index contributed by atoms with van der Waals surface area (Å²) in [5.74, 6) is 1.76. The molecule has 0 bridgehead atoms. The average Bonchev–Trinajstić information content (AvgIpc) is 2.72. The summed E-state index contributed by atoms with van der Waals surface area (Å²) in [6, 6.07) is 17.5. The predicted octanol–water partition coefficient (Wildman–Crippen LogP) is 3.95. The summed E-state index contributed by atoms with van der Waals surface area (Å²) >= 11 is 0. The van der Waals surface area contributed by atoms with Gasteiger partial charge in [-0.05, 0) is 48.6 Å². The molecular weight excluding hydrogens is 475 g/mol. The summed E-state index contributed by atoms with van der Waals surface area (Å²) in [6.07, 6.45) is 2.26. The first-order valence-electron chi connectivity index (χ1n) is 10.0. The molecule has 0 spiro atoms. The van der Waals surface area contributed by atoms with Crippen LogP contribution in [0.5, 0.6) is 5.75 Å². The molecule has 1 aliphatic rings. The van der Waals surface area contributed by atoms with E-state index in [1.807, 2.05) is 13.1 Å². The normalized spacial score (nSPS) is 15.5. The number of benzene rings is 2. The number of rotatable bonds is 6. The van der Waals surface area contributed by atoms with Crippen LogP contribution >= 0.6 is 24.0 Å². The zero-order valence-corrected chi connectivity index (χ0v) is 20.0. The number of likely N-dealkylation sites (tertiary alicyclic amines) is 1. The highest BCUT2D eigenvalue weighted by atomic mass is 127. The van der Waals surface area contributed by atoms with Crippen molar-refractivity contribution in [3.05, 3.63) is 65.2 Å². The number of halogens is 1. The molecule has 0 atom stereocenters. The Hall–Kier alpha value is -1.80. The summed E-state index contributed by atoms with van der Waals surface area (Å²) in [7, 11) is 3.54. The zero-order valence-electron chi connectivity index (χ0n) is 17.6. The molecule has 6 heteroatoms.